The maximum absolute atomic E-state index is 2.60. The Labute approximate surface area is 241 Å². The van der Waals surface area contributed by atoms with Gasteiger partial charge in [0.25, 0.3) is 0 Å². The third-order valence-corrected chi connectivity index (χ3v) is 10.7. The van der Waals surface area contributed by atoms with Crippen molar-refractivity contribution >= 4 is 27.4 Å². The summed E-state index contributed by atoms with van der Waals surface area (Å²) in [5, 5.41) is 2.61. The standard InChI is InChI=1S/C40H33N/c1-40(2)34-14-6-3-12-32(34)38-31-23-20-26(24-33(31)30-13-9-15-35(40)39(30)38)25-18-21-27(22-19-25)41-36-16-7-4-10-28(36)29-11-5-8-17-37(29)41/h3-24,30-31,33,38-39H,1-2H3. The van der Waals surface area contributed by atoms with Crippen molar-refractivity contribution in [2.24, 2.45) is 23.7 Å². The van der Waals surface area contributed by atoms with Crippen LogP contribution >= 0.6 is 0 Å². The number of aromatic nitrogens is 1. The summed E-state index contributed by atoms with van der Waals surface area (Å²) in [4.78, 5) is 0. The summed E-state index contributed by atoms with van der Waals surface area (Å²) in [6, 6.07) is 36.0. The van der Waals surface area contributed by atoms with Gasteiger partial charge in [-0.1, -0.05) is 129 Å². The van der Waals surface area contributed by atoms with E-state index >= 15 is 0 Å². The summed E-state index contributed by atoms with van der Waals surface area (Å²) in [7, 11) is 0. The van der Waals surface area contributed by atoms with Crippen LogP contribution in [0.4, 0.5) is 0 Å². The monoisotopic (exact) mass is 527 g/mol. The second-order valence-electron chi connectivity index (χ2n) is 12.9. The fraction of sp³-hybridized carbons (Fsp3) is 0.200. The molecule has 9 rings (SSSR count). The van der Waals surface area contributed by atoms with Crippen LogP contribution in [0.1, 0.15) is 36.5 Å². The van der Waals surface area contributed by atoms with Crippen LogP contribution in [0, 0.1) is 23.7 Å². The van der Waals surface area contributed by atoms with E-state index in [1.54, 1.807) is 11.1 Å². The fourth-order valence-electron chi connectivity index (χ4n) is 8.94. The molecule has 0 saturated heterocycles. The molecule has 1 fully saturated rings. The molecule has 1 saturated carbocycles. The van der Waals surface area contributed by atoms with Crippen LogP contribution in [0.25, 0.3) is 33.1 Å². The smallest absolute Gasteiger partial charge is 0.0541 e. The van der Waals surface area contributed by atoms with E-state index in [-0.39, 0.29) is 5.41 Å². The van der Waals surface area contributed by atoms with E-state index < -0.39 is 0 Å². The van der Waals surface area contributed by atoms with Gasteiger partial charge in [0.05, 0.1) is 11.0 Å². The van der Waals surface area contributed by atoms with E-state index in [4.69, 9.17) is 0 Å². The summed E-state index contributed by atoms with van der Waals surface area (Å²) in [5.74, 6) is 2.74. The summed E-state index contributed by atoms with van der Waals surface area (Å²) >= 11 is 0. The molecule has 5 atom stereocenters. The second kappa shape index (κ2) is 8.33. The van der Waals surface area contributed by atoms with Crippen molar-refractivity contribution in [1.29, 1.82) is 0 Å². The molecule has 0 aliphatic heterocycles. The van der Waals surface area contributed by atoms with Gasteiger partial charge in [-0.3, -0.25) is 0 Å². The van der Waals surface area contributed by atoms with Gasteiger partial charge in [-0.25, -0.2) is 0 Å². The Kier molecular flexibility index (Phi) is 4.75. The van der Waals surface area contributed by atoms with Crippen LogP contribution < -0.4 is 0 Å². The highest BCUT2D eigenvalue weighted by Gasteiger charge is 2.56. The number of fused-ring (bicyclic) bond motifs is 8. The molecule has 0 bridgehead atoms. The van der Waals surface area contributed by atoms with Gasteiger partial charge in [-0.05, 0) is 76.1 Å². The van der Waals surface area contributed by atoms with Crippen LogP contribution in [-0.4, -0.2) is 4.57 Å². The molecule has 0 radical (unpaired) electrons. The van der Waals surface area contributed by atoms with E-state index in [2.05, 4.69) is 152 Å². The first-order valence-corrected chi connectivity index (χ1v) is 15.1. The van der Waals surface area contributed by atoms with Crippen LogP contribution in [0.5, 0.6) is 0 Å². The Bertz CT molecular complexity index is 1940. The van der Waals surface area contributed by atoms with Crippen molar-refractivity contribution in [2.75, 3.05) is 0 Å². The lowest BCUT2D eigenvalue weighted by Gasteiger charge is -2.45. The minimum atomic E-state index is 0.0766. The number of benzene rings is 4. The highest BCUT2D eigenvalue weighted by Crippen LogP contribution is 2.64. The number of hydrogen-bond donors (Lipinski definition) is 0. The Morgan fingerprint density at radius 2 is 1.29 bits per heavy atom. The minimum Gasteiger partial charge on any atom is -0.309 e. The van der Waals surface area contributed by atoms with Gasteiger partial charge in [0.15, 0.2) is 0 Å². The van der Waals surface area contributed by atoms with Crippen LogP contribution in [0.2, 0.25) is 0 Å². The summed E-state index contributed by atoms with van der Waals surface area (Å²) in [6.07, 6.45) is 14.8. The Balaban J connectivity index is 1.11. The summed E-state index contributed by atoms with van der Waals surface area (Å²) in [5.41, 5.74) is 11.2. The molecule has 4 aliphatic rings. The lowest BCUT2D eigenvalue weighted by molar-refractivity contribution is 0.368. The Hall–Kier alpha value is -4.36. The zero-order chi connectivity index (χ0) is 27.3. The lowest BCUT2D eigenvalue weighted by Crippen LogP contribution is -2.37. The quantitative estimate of drug-likeness (QED) is 0.215. The average molecular weight is 528 g/mol. The van der Waals surface area contributed by atoms with Crippen molar-refractivity contribution in [3.05, 3.63) is 156 Å². The Morgan fingerprint density at radius 3 is 2.05 bits per heavy atom. The SMILES string of the molecule is CC1(C)C2=CC=CC3C4C=C(c5ccc(-n6c7ccccc7c7ccccc76)cc5)C=CC4C(c4ccccc41)C23. The molecule has 0 N–H and O–H groups in total. The highest BCUT2D eigenvalue weighted by atomic mass is 15.0. The van der Waals surface area contributed by atoms with Crippen molar-refractivity contribution in [3.63, 3.8) is 0 Å². The van der Waals surface area contributed by atoms with Gasteiger partial charge in [0.1, 0.15) is 0 Å². The molecule has 1 nitrogen and oxygen atoms in total. The molecule has 0 spiro atoms. The lowest BCUT2D eigenvalue weighted by atomic mass is 9.58. The van der Waals surface area contributed by atoms with E-state index in [0.29, 0.717) is 29.6 Å². The van der Waals surface area contributed by atoms with Gasteiger partial charge in [0, 0.05) is 21.9 Å². The maximum atomic E-state index is 2.60. The maximum Gasteiger partial charge on any atom is 0.0541 e. The molecule has 5 unspecified atom stereocenters. The van der Waals surface area contributed by atoms with Crippen molar-refractivity contribution in [3.8, 4) is 5.69 Å². The predicted octanol–water partition coefficient (Wildman–Crippen LogP) is 9.79. The number of rotatable bonds is 2. The van der Waals surface area contributed by atoms with E-state index in [1.807, 2.05) is 0 Å². The molecule has 41 heavy (non-hydrogen) atoms. The molecule has 1 aromatic heterocycles. The summed E-state index contributed by atoms with van der Waals surface area (Å²) < 4.78 is 2.40. The zero-order valence-electron chi connectivity index (χ0n) is 23.5. The number of hydrogen-bond acceptors (Lipinski definition) is 0. The zero-order valence-corrected chi connectivity index (χ0v) is 23.5. The molecule has 0 amide bonds. The molecule has 1 heterocycles. The molecule has 198 valence electrons. The summed E-state index contributed by atoms with van der Waals surface area (Å²) in [6.45, 7) is 4.86. The molecule has 4 aromatic carbocycles. The molecule has 4 aliphatic carbocycles. The fourth-order valence-corrected chi connectivity index (χ4v) is 8.94. The van der Waals surface area contributed by atoms with E-state index in [9.17, 15) is 0 Å². The second-order valence-corrected chi connectivity index (χ2v) is 12.9. The third-order valence-electron chi connectivity index (χ3n) is 10.7. The predicted molar refractivity (Wildman–Crippen MR) is 171 cm³/mol. The van der Waals surface area contributed by atoms with Crippen molar-refractivity contribution in [2.45, 2.75) is 25.2 Å². The third kappa shape index (κ3) is 3.12. The molecule has 5 aromatic rings. The topological polar surface area (TPSA) is 4.93 Å². The van der Waals surface area contributed by atoms with E-state index in [0.717, 1.165) is 0 Å². The minimum absolute atomic E-state index is 0.0766. The van der Waals surface area contributed by atoms with Crippen molar-refractivity contribution < 1.29 is 0 Å². The van der Waals surface area contributed by atoms with Gasteiger partial charge in [0.2, 0.25) is 0 Å². The van der Waals surface area contributed by atoms with E-state index in [1.165, 1.54) is 44.2 Å². The van der Waals surface area contributed by atoms with Crippen LogP contribution in [0.15, 0.2) is 139 Å². The van der Waals surface area contributed by atoms with Gasteiger partial charge in [-0.2, -0.15) is 0 Å². The molecular weight excluding hydrogens is 494 g/mol. The number of allylic oxidation sites excluding steroid dienone is 8. The van der Waals surface area contributed by atoms with Crippen molar-refractivity contribution in [1.82, 2.24) is 4.57 Å². The highest BCUT2D eigenvalue weighted by molar-refractivity contribution is 6.09. The average Bonchev–Trinajstić information content (AvgIpc) is 3.53. The molecule has 1 heteroatoms. The first kappa shape index (κ1) is 23.4. The van der Waals surface area contributed by atoms with Crippen LogP contribution in [0.3, 0.4) is 0 Å². The number of nitrogens with zero attached hydrogens (tertiary/aromatic N) is 1. The molecular formula is C40H33N. The number of para-hydroxylation sites is 2. The van der Waals surface area contributed by atoms with Crippen LogP contribution in [-0.2, 0) is 5.41 Å². The van der Waals surface area contributed by atoms with Gasteiger partial charge >= 0.3 is 0 Å². The Morgan fingerprint density at radius 1 is 0.634 bits per heavy atom. The first-order chi connectivity index (χ1) is 20.1. The largest absolute Gasteiger partial charge is 0.309 e. The first-order valence-electron chi connectivity index (χ1n) is 15.1. The van der Waals surface area contributed by atoms with Gasteiger partial charge < -0.3 is 4.57 Å². The normalized spacial score (nSPS) is 26.8. The van der Waals surface area contributed by atoms with Gasteiger partial charge in [-0.15, -0.1) is 0 Å².